The molecule has 0 aromatic heterocycles. The fourth-order valence-electron chi connectivity index (χ4n) is 1.72. The summed E-state index contributed by atoms with van der Waals surface area (Å²) in [6.45, 7) is 15.6. The maximum atomic E-state index is 12.1. The molecule has 1 unspecified atom stereocenters. The van der Waals surface area contributed by atoms with Crippen molar-refractivity contribution in [3.05, 3.63) is 36.1 Å². The molecule has 2 heteroatoms. The van der Waals surface area contributed by atoms with Crippen LogP contribution in [-0.4, -0.2) is 5.91 Å². The maximum Gasteiger partial charge on any atom is 0.227 e. The maximum absolute atomic E-state index is 12.1. The number of allylic oxidation sites excluding steroid dienone is 3. The third-order valence-corrected chi connectivity index (χ3v) is 3.06. The molecule has 0 rings (SSSR count). The van der Waals surface area contributed by atoms with Gasteiger partial charge in [-0.25, -0.2) is 0 Å². The van der Waals surface area contributed by atoms with E-state index in [2.05, 4.69) is 25.4 Å². The molecule has 18 heavy (non-hydrogen) atoms. The van der Waals surface area contributed by atoms with E-state index in [1.807, 2.05) is 20.8 Å². The molecule has 0 fully saturated rings. The molecule has 0 aliphatic rings. The van der Waals surface area contributed by atoms with Crippen molar-refractivity contribution in [2.45, 2.75) is 53.4 Å². The molecule has 0 bridgehead atoms. The van der Waals surface area contributed by atoms with Crippen LogP contribution in [0.4, 0.5) is 0 Å². The molecule has 1 atom stereocenters. The minimum absolute atomic E-state index is 0.0449. The smallest absolute Gasteiger partial charge is 0.227 e. The highest BCUT2D eigenvalue weighted by Gasteiger charge is 2.14. The molecule has 0 aromatic rings. The van der Waals surface area contributed by atoms with Crippen molar-refractivity contribution in [3.8, 4) is 0 Å². The molecule has 0 aromatic carbocycles. The Kier molecular flexibility index (Phi) is 8.10. The highest BCUT2D eigenvalue weighted by atomic mass is 16.1. The van der Waals surface area contributed by atoms with E-state index < -0.39 is 0 Å². The molecule has 102 valence electrons. The van der Waals surface area contributed by atoms with Crippen molar-refractivity contribution in [1.29, 1.82) is 0 Å². The second kappa shape index (κ2) is 8.73. The van der Waals surface area contributed by atoms with Gasteiger partial charge in [0.2, 0.25) is 5.91 Å². The van der Waals surface area contributed by atoms with Crippen molar-refractivity contribution < 1.29 is 4.79 Å². The van der Waals surface area contributed by atoms with Crippen LogP contribution in [0.15, 0.2) is 36.1 Å². The van der Waals surface area contributed by atoms with Gasteiger partial charge in [-0.3, -0.25) is 4.79 Å². The Morgan fingerprint density at radius 1 is 1.33 bits per heavy atom. The van der Waals surface area contributed by atoms with Crippen molar-refractivity contribution >= 4 is 5.91 Å². The van der Waals surface area contributed by atoms with E-state index in [0.29, 0.717) is 0 Å². The Morgan fingerprint density at radius 3 is 2.39 bits per heavy atom. The number of carbonyl (C=O) groups is 1. The van der Waals surface area contributed by atoms with E-state index in [1.165, 1.54) is 12.8 Å². The van der Waals surface area contributed by atoms with Gasteiger partial charge < -0.3 is 5.32 Å². The molecule has 1 N–H and O–H groups in total. The Bertz CT molecular complexity index is 339. The Morgan fingerprint density at radius 2 is 1.94 bits per heavy atom. The second-order valence-corrected chi connectivity index (χ2v) is 4.93. The number of unbranched alkanes of at least 4 members (excludes halogenated alkanes) is 2. The minimum Gasteiger partial charge on any atom is -0.325 e. The van der Waals surface area contributed by atoms with Crippen LogP contribution < -0.4 is 5.32 Å². The van der Waals surface area contributed by atoms with Crippen LogP contribution in [0.1, 0.15) is 53.4 Å². The van der Waals surface area contributed by atoms with Gasteiger partial charge >= 0.3 is 0 Å². The van der Waals surface area contributed by atoms with Crippen molar-refractivity contribution in [2.75, 3.05) is 0 Å². The van der Waals surface area contributed by atoms with Crippen LogP contribution in [0.25, 0.3) is 0 Å². The molecular formula is C16H27NO. The Hall–Kier alpha value is -1.31. The summed E-state index contributed by atoms with van der Waals surface area (Å²) in [6.07, 6.45) is 6.16. The van der Waals surface area contributed by atoms with E-state index >= 15 is 0 Å². The summed E-state index contributed by atoms with van der Waals surface area (Å²) >= 11 is 0. The van der Waals surface area contributed by atoms with E-state index in [-0.39, 0.29) is 11.8 Å². The summed E-state index contributed by atoms with van der Waals surface area (Å²) in [5.74, 6) is 0.119. The van der Waals surface area contributed by atoms with E-state index in [9.17, 15) is 4.79 Å². The van der Waals surface area contributed by atoms with Crippen LogP contribution in [-0.2, 0) is 4.79 Å². The molecular weight excluding hydrogens is 222 g/mol. The summed E-state index contributed by atoms with van der Waals surface area (Å²) in [4.78, 5) is 12.1. The summed E-state index contributed by atoms with van der Waals surface area (Å²) in [5.41, 5.74) is 2.62. The first-order chi connectivity index (χ1) is 8.43. The first kappa shape index (κ1) is 16.7. The fraction of sp³-hybridized carbons (Fsp3) is 0.562. The van der Waals surface area contributed by atoms with Gasteiger partial charge in [-0.15, -0.1) is 0 Å². The number of rotatable bonds is 8. The number of nitrogens with one attached hydrogen (secondary N) is 1. The van der Waals surface area contributed by atoms with Gasteiger partial charge in [0.15, 0.2) is 0 Å². The Labute approximate surface area is 112 Å². The lowest BCUT2D eigenvalue weighted by atomic mass is 10.0. The summed E-state index contributed by atoms with van der Waals surface area (Å²) in [5, 5.41) is 2.96. The first-order valence-corrected chi connectivity index (χ1v) is 6.74. The number of hydrogen-bond donors (Lipinski definition) is 1. The number of carbonyl (C=O) groups excluding carboxylic acids is 1. The average molecular weight is 249 g/mol. The zero-order chi connectivity index (χ0) is 14.1. The summed E-state index contributed by atoms with van der Waals surface area (Å²) in [6, 6.07) is 0. The summed E-state index contributed by atoms with van der Waals surface area (Å²) in [7, 11) is 0. The molecule has 2 nitrogen and oxygen atoms in total. The highest BCUT2D eigenvalue weighted by Crippen LogP contribution is 2.14. The monoisotopic (exact) mass is 249 g/mol. The molecule has 0 heterocycles. The lowest BCUT2D eigenvalue weighted by Gasteiger charge is -2.16. The van der Waals surface area contributed by atoms with Gasteiger partial charge in [0.25, 0.3) is 0 Å². The highest BCUT2D eigenvalue weighted by molar-refractivity contribution is 5.81. The largest absolute Gasteiger partial charge is 0.325 e. The fourth-order valence-corrected chi connectivity index (χ4v) is 1.72. The van der Waals surface area contributed by atoms with E-state index in [1.54, 1.807) is 6.08 Å². The third kappa shape index (κ3) is 5.85. The molecule has 0 saturated carbocycles. The predicted octanol–water partition coefficient (Wildman–Crippen LogP) is 4.36. The lowest BCUT2D eigenvalue weighted by Crippen LogP contribution is -2.29. The molecule has 1 amide bonds. The number of amides is 1. The first-order valence-electron chi connectivity index (χ1n) is 6.74. The van der Waals surface area contributed by atoms with Gasteiger partial charge in [0.1, 0.15) is 0 Å². The van der Waals surface area contributed by atoms with Crippen molar-refractivity contribution in [3.63, 3.8) is 0 Å². The average Bonchev–Trinajstić information content (AvgIpc) is 2.34. The zero-order valence-corrected chi connectivity index (χ0v) is 12.3. The van der Waals surface area contributed by atoms with Crippen molar-refractivity contribution in [1.82, 2.24) is 5.32 Å². The van der Waals surface area contributed by atoms with Crippen LogP contribution in [0.2, 0.25) is 0 Å². The molecule has 0 saturated heterocycles. The quantitative estimate of drug-likeness (QED) is 0.503. The second-order valence-electron chi connectivity index (χ2n) is 4.93. The van der Waals surface area contributed by atoms with Crippen molar-refractivity contribution in [2.24, 2.45) is 5.92 Å². The molecule has 0 radical (unpaired) electrons. The van der Waals surface area contributed by atoms with Crippen LogP contribution in [0, 0.1) is 5.92 Å². The van der Waals surface area contributed by atoms with Crippen LogP contribution >= 0.6 is 0 Å². The van der Waals surface area contributed by atoms with Gasteiger partial charge in [0, 0.05) is 11.6 Å². The SMILES string of the molecule is C=C/C(C)=C(/NC(=O)C(C)CCCCC)C(=C)C. The van der Waals surface area contributed by atoms with Crippen LogP contribution in [0.3, 0.4) is 0 Å². The molecule has 0 aliphatic heterocycles. The standard InChI is InChI=1S/C16H27NO/c1-7-9-10-11-14(6)16(18)17-15(12(3)4)13(5)8-2/h8,14H,2-3,7,9-11H2,1,4-6H3,(H,17,18)/b15-13+. The third-order valence-electron chi connectivity index (χ3n) is 3.06. The summed E-state index contributed by atoms with van der Waals surface area (Å²) < 4.78 is 0. The van der Waals surface area contributed by atoms with E-state index in [4.69, 9.17) is 0 Å². The normalized spacial score (nSPS) is 13.6. The minimum atomic E-state index is 0.0449. The molecule has 0 aliphatic carbocycles. The lowest BCUT2D eigenvalue weighted by molar-refractivity contribution is -0.123. The van der Waals surface area contributed by atoms with Crippen LogP contribution in [0.5, 0.6) is 0 Å². The number of hydrogen-bond acceptors (Lipinski definition) is 1. The molecule has 0 spiro atoms. The predicted molar refractivity (Wildman–Crippen MR) is 79.2 cm³/mol. The topological polar surface area (TPSA) is 29.1 Å². The van der Waals surface area contributed by atoms with Gasteiger partial charge in [0.05, 0.1) is 0 Å². The van der Waals surface area contributed by atoms with Gasteiger partial charge in [-0.2, -0.15) is 0 Å². The zero-order valence-electron chi connectivity index (χ0n) is 12.3. The Balaban J connectivity index is 4.52. The van der Waals surface area contributed by atoms with Gasteiger partial charge in [-0.05, 0) is 31.4 Å². The van der Waals surface area contributed by atoms with Gasteiger partial charge in [-0.1, -0.05) is 52.3 Å². The van der Waals surface area contributed by atoms with E-state index in [0.717, 1.165) is 29.7 Å².